The number of ether oxygens (including phenoxy) is 6. The number of benzene rings is 3. The lowest BCUT2D eigenvalue weighted by molar-refractivity contribution is -0.234. The Balaban J connectivity index is 1.19. The minimum Gasteiger partial charge on any atom is -0.504 e. The van der Waals surface area contributed by atoms with Crippen molar-refractivity contribution in [2.75, 3.05) is 46.9 Å². The van der Waals surface area contributed by atoms with Crippen LogP contribution in [0.3, 0.4) is 0 Å². The number of aliphatic hydroxyl groups is 1. The highest BCUT2D eigenvalue weighted by atomic mass is 32.2. The van der Waals surface area contributed by atoms with Gasteiger partial charge in [-0.3, -0.25) is 19.9 Å². The van der Waals surface area contributed by atoms with Gasteiger partial charge in [0.15, 0.2) is 34.1 Å². The van der Waals surface area contributed by atoms with Crippen LogP contribution in [0.25, 0.3) is 10.9 Å². The zero-order valence-corrected chi connectivity index (χ0v) is 33.3. The molecule has 4 N–H and O–H groups in total. The van der Waals surface area contributed by atoms with Gasteiger partial charge in [-0.2, -0.15) is 0 Å². The average Bonchev–Trinajstić information content (AvgIpc) is 3.81. The summed E-state index contributed by atoms with van der Waals surface area (Å²) >= 11 is 1.61. The number of likely N-dealkylation sites (N-methyl/N-ethyl adjacent to an activating group) is 1. The largest absolute Gasteiger partial charge is 0.504 e. The van der Waals surface area contributed by atoms with E-state index in [1.54, 1.807) is 26.0 Å². The number of phenols is 1. The fourth-order valence-electron chi connectivity index (χ4n) is 11.8. The summed E-state index contributed by atoms with van der Waals surface area (Å²) in [4.78, 5) is 36.4. The van der Waals surface area contributed by atoms with Crippen LogP contribution in [-0.2, 0) is 38.3 Å². The molecule has 3 unspecified atom stereocenters. The Hall–Kier alpha value is -4.67. The Morgan fingerprint density at radius 1 is 1.09 bits per heavy atom. The van der Waals surface area contributed by atoms with Gasteiger partial charge in [-0.15, -0.1) is 11.8 Å². The Morgan fingerprint density at radius 2 is 1.89 bits per heavy atom. The van der Waals surface area contributed by atoms with Crippen LogP contribution in [-0.4, -0.2) is 101 Å². The SMILES string of the molecule is COc1ccc2[nH]c3c(c2c1)CCN[C@]31CS[C@H]2[C@H]3[C@@H]4c5c(cc(C)c(OC)c5O)CC(O)(CN4C)N3C3CC2(OC1=O)c1c(OC(C)=O)c(C)c2c(c13)OCO2. The first-order valence-electron chi connectivity index (χ1n) is 19.4. The van der Waals surface area contributed by atoms with Crippen LogP contribution < -0.4 is 29.0 Å². The summed E-state index contributed by atoms with van der Waals surface area (Å²) in [6.07, 6.45) is 1.18. The number of aryl methyl sites for hydroxylation is 1. The van der Waals surface area contributed by atoms with Crippen molar-refractivity contribution in [1.82, 2.24) is 20.1 Å². The third-order valence-electron chi connectivity index (χ3n) is 13.7. The van der Waals surface area contributed by atoms with E-state index in [9.17, 15) is 15.0 Å². The number of aromatic nitrogens is 1. The van der Waals surface area contributed by atoms with Crippen molar-refractivity contribution in [1.29, 1.82) is 0 Å². The number of nitrogens with one attached hydrogen (secondary N) is 2. The molecule has 0 saturated carbocycles. The maximum atomic E-state index is 15.5. The van der Waals surface area contributed by atoms with Crippen LogP contribution in [0.1, 0.15) is 70.1 Å². The summed E-state index contributed by atoms with van der Waals surface area (Å²) < 4.78 is 37.1. The van der Waals surface area contributed by atoms with Gasteiger partial charge < -0.3 is 43.6 Å². The number of rotatable bonds is 3. The molecule has 0 amide bonds. The second kappa shape index (κ2) is 11.7. The van der Waals surface area contributed by atoms with Crippen LogP contribution in [0.2, 0.25) is 0 Å². The highest BCUT2D eigenvalue weighted by Crippen LogP contribution is 2.71. The molecule has 7 aliphatic heterocycles. The number of thioether (sulfide) groups is 1. The molecule has 1 aliphatic carbocycles. The number of aromatic amines is 1. The Morgan fingerprint density at radius 3 is 2.67 bits per heavy atom. The first-order chi connectivity index (χ1) is 27.4. The van der Waals surface area contributed by atoms with E-state index in [4.69, 9.17) is 28.4 Å². The van der Waals surface area contributed by atoms with E-state index in [1.165, 1.54) is 6.92 Å². The van der Waals surface area contributed by atoms with E-state index >= 15 is 4.79 Å². The summed E-state index contributed by atoms with van der Waals surface area (Å²) in [6.45, 7) is 5.84. The maximum Gasteiger partial charge on any atom is 0.334 e. The Labute approximate surface area is 332 Å². The standard InChI is InChI=1S/C42H44N4O10S/c1-18-11-21-13-40(50)15-45(4)30(27(21)32(48)33(18)52-6)31-38-42(14-26(46(31)40)28-29(42)34(55-20(3)47)19(2)35-36(28)54-17-53-35)56-39(49)41(16-57-38)37-23(9-10-43-41)24-12-22(51-5)7-8-25(24)44-37/h7-8,11-12,26,30-31,38,43-44,48,50H,9-10,13-17H2,1-6H3/t26?,30-,31+,38-,40?,41+,42?/m0/s1. The zero-order valence-electron chi connectivity index (χ0n) is 32.5. The molecular formula is C42H44N4O10S. The first kappa shape index (κ1) is 35.5. The van der Waals surface area contributed by atoms with E-state index in [0.717, 1.165) is 39.0 Å². The third kappa shape index (κ3) is 4.36. The zero-order chi connectivity index (χ0) is 39.5. The maximum absolute atomic E-state index is 15.5. The normalized spacial score (nSPS) is 31.8. The molecule has 7 atom stereocenters. The molecule has 1 aromatic heterocycles. The predicted octanol–water partition coefficient (Wildman–Crippen LogP) is 4.12. The molecule has 8 aliphatic rings. The van der Waals surface area contributed by atoms with Gasteiger partial charge in [0.1, 0.15) is 17.2 Å². The van der Waals surface area contributed by atoms with Crippen LogP contribution in [0.15, 0.2) is 24.3 Å². The van der Waals surface area contributed by atoms with Crippen LogP contribution in [0.5, 0.6) is 34.5 Å². The van der Waals surface area contributed by atoms with E-state index in [2.05, 4.69) is 20.1 Å². The number of fused-ring (bicyclic) bond motifs is 6. The molecule has 2 fully saturated rings. The molecule has 57 heavy (non-hydrogen) atoms. The fraction of sp³-hybridized carbons (Fsp3) is 0.476. The average molecular weight is 797 g/mol. The van der Waals surface area contributed by atoms with Gasteiger partial charge in [0, 0.05) is 83.8 Å². The number of carbonyl (C=O) groups excluding carboxylic acids is 2. The summed E-state index contributed by atoms with van der Waals surface area (Å²) in [5.41, 5.74) is 2.67. The minimum atomic E-state index is -1.44. The van der Waals surface area contributed by atoms with Gasteiger partial charge in [-0.05, 0) is 62.2 Å². The Bertz CT molecular complexity index is 2490. The van der Waals surface area contributed by atoms with Gasteiger partial charge in [0.2, 0.25) is 6.79 Å². The van der Waals surface area contributed by atoms with E-state index in [0.29, 0.717) is 52.5 Å². The van der Waals surface area contributed by atoms with E-state index < -0.39 is 52.2 Å². The lowest BCUT2D eigenvalue weighted by Gasteiger charge is -2.61. The molecule has 0 radical (unpaired) electrons. The molecule has 4 aromatic rings. The molecule has 2 saturated heterocycles. The summed E-state index contributed by atoms with van der Waals surface area (Å²) in [7, 11) is 5.16. The molecule has 2 spiro atoms. The van der Waals surface area contributed by atoms with Crippen molar-refractivity contribution in [3.63, 3.8) is 0 Å². The summed E-state index contributed by atoms with van der Waals surface area (Å²) in [6, 6.07) is 6.32. The molecule has 12 rings (SSSR count). The van der Waals surface area contributed by atoms with E-state index in [1.807, 2.05) is 45.2 Å². The van der Waals surface area contributed by atoms with Gasteiger partial charge in [-0.1, -0.05) is 6.07 Å². The van der Waals surface area contributed by atoms with Gasteiger partial charge in [-0.25, -0.2) is 4.79 Å². The number of phenolic OH excluding ortho intramolecular Hbond substituents is 1. The first-order valence-corrected chi connectivity index (χ1v) is 20.4. The van der Waals surface area contributed by atoms with Crippen molar-refractivity contribution >= 4 is 34.6 Å². The lowest BCUT2D eigenvalue weighted by Crippen LogP contribution is -2.72. The quantitative estimate of drug-likeness (QED) is 0.173. The van der Waals surface area contributed by atoms with Crippen molar-refractivity contribution < 1.29 is 48.2 Å². The van der Waals surface area contributed by atoms with Gasteiger partial charge in [0.05, 0.1) is 31.2 Å². The highest BCUT2D eigenvalue weighted by Gasteiger charge is 2.73. The smallest absolute Gasteiger partial charge is 0.334 e. The summed E-state index contributed by atoms with van der Waals surface area (Å²) in [5.74, 6) is 1.69. The minimum absolute atomic E-state index is 0.0354. The van der Waals surface area contributed by atoms with Crippen molar-refractivity contribution in [3.8, 4) is 34.5 Å². The Kier molecular flexibility index (Phi) is 7.30. The number of hydrogen-bond acceptors (Lipinski definition) is 14. The molecule has 4 bridgehead atoms. The van der Waals surface area contributed by atoms with Crippen molar-refractivity contribution in [2.24, 2.45) is 0 Å². The number of aromatic hydroxyl groups is 1. The third-order valence-corrected chi connectivity index (χ3v) is 15.3. The number of piperazine rings is 1. The summed E-state index contributed by atoms with van der Waals surface area (Å²) in [5, 5.41) is 29.4. The predicted molar refractivity (Wildman–Crippen MR) is 207 cm³/mol. The molecule has 15 heteroatoms. The fourth-order valence-corrected chi connectivity index (χ4v) is 13.6. The number of methoxy groups -OCH3 is 2. The second-order valence-electron chi connectivity index (χ2n) is 16.7. The second-order valence-corrected chi connectivity index (χ2v) is 17.8. The number of carbonyl (C=O) groups is 2. The molecular weight excluding hydrogens is 753 g/mol. The van der Waals surface area contributed by atoms with Crippen molar-refractivity contribution in [3.05, 3.63) is 68.9 Å². The number of esters is 2. The number of piperidine rings is 1. The number of nitrogens with zero attached hydrogens (tertiary/aromatic N) is 2. The topological polar surface area (TPSA) is 164 Å². The molecule has 8 heterocycles. The van der Waals surface area contributed by atoms with Crippen molar-refractivity contribution in [2.45, 2.75) is 80.3 Å². The van der Waals surface area contributed by atoms with Crippen LogP contribution in [0, 0.1) is 13.8 Å². The molecule has 298 valence electrons. The van der Waals surface area contributed by atoms with E-state index in [-0.39, 0.29) is 43.4 Å². The van der Waals surface area contributed by atoms with Crippen LogP contribution >= 0.6 is 11.8 Å². The molecule has 14 nitrogen and oxygen atoms in total. The number of hydrogen-bond donors (Lipinski definition) is 4. The van der Waals surface area contributed by atoms with Gasteiger partial charge >= 0.3 is 11.9 Å². The van der Waals surface area contributed by atoms with Crippen LogP contribution in [0.4, 0.5) is 0 Å². The highest BCUT2D eigenvalue weighted by molar-refractivity contribution is 8.00. The van der Waals surface area contributed by atoms with Gasteiger partial charge in [0.25, 0.3) is 0 Å². The molecule has 3 aromatic carbocycles. The number of H-pyrrole nitrogens is 1. The lowest BCUT2D eigenvalue weighted by atomic mass is 9.77. The monoisotopic (exact) mass is 796 g/mol.